The molecule has 0 saturated carbocycles. The fraction of sp³-hybridized carbons (Fsp3) is 0.400. The summed E-state index contributed by atoms with van der Waals surface area (Å²) in [4.78, 5) is 11.3. The molecule has 20 heavy (non-hydrogen) atoms. The Bertz CT molecular complexity index is 466. The highest BCUT2D eigenvalue weighted by molar-refractivity contribution is 5.71. The van der Waals surface area contributed by atoms with Crippen molar-refractivity contribution in [3.63, 3.8) is 0 Å². The molecule has 0 heterocycles. The normalized spacial score (nSPS) is 10.8. The molecule has 1 N–H and O–H groups in total. The van der Waals surface area contributed by atoms with Crippen LogP contribution in [-0.4, -0.2) is 31.9 Å². The van der Waals surface area contributed by atoms with Gasteiger partial charge >= 0.3 is 5.97 Å². The third-order valence-corrected chi connectivity index (χ3v) is 2.61. The van der Waals surface area contributed by atoms with Gasteiger partial charge in [0.2, 0.25) is 5.75 Å². The maximum absolute atomic E-state index is 11.3. The van der Waals surface area contributed by atoms with Crippen LogP contribution in [0.5, 0.6) is 17.2 Å². The largest absolute Gasteiger partial charge is 0.502 e. The summed E-state index contributed by atoms with van der Waals surface area (Å²) in [5.74, 6) is 0.220. The average Bonchev–Trinajstić information content (AvgIpc) is 2.44. The SMILES string of the molecule is COc1cc(C=CCOC(=O)C(C)C)cc(OC)c1O. The highest BCUT2D eigenvalue weighted by Gasteiger charge is 2.10. The summed E-state index contributed by atoms with van der Waals surface area (Å²) in [6.45, 7) is 3.76. The van der Waals surface area contributed by atoms with Crippen LogP contribution < -0.4 is 9.47 Å². The molecular weight excluding hydrogens is 260 g/mol. The summed E-state index contributed by atoms with van der Waals surface area (Å²) < 4.78 is 15.1. The number of carbonyl (C=O) groups is 1. The molecule has 0 aromatic heterocycles. The fourth-order valence-electron chi connectivity index (χ4n) is 1.49. The molecule has 1 aromatic carbocycles. The number of carbonyl (C=O) groups excluding carboxylic acids is 1. The van der Waals surface area contributed by atoms with E-state index in [1.165, 1.54) is 14.2 Å². The van der Waals surface area contributed by atoms with E-state index >= 15 is 0 Å². The van der Waals surface area contributed by atoms with E-state index in [4.69, 9.17) is 14.2 Å². The Balaban J connectivity index is 2.75. The molecule has 1 rings (SSSR count). The van der Waals surface area contributed by atoms with Crippen LogP contribution in [0.25, 0.3) is 6.08 Å². The first kappa shape index (κ1) is 15.9. The van der Waals surface area contributed by atoms with Crippen LogP contribution in [0.15, 0.2) is 18.2 Å². The summed E-state index contributed by atoms with van der Waals surface area (Å²) in [6, 6.07) is 3.33. The van der Waals surface area contributed by atoms with Crippen molar-refractivity contribution >= 4 is 12.0 Å². The predicted molar refractivity (Wildman–Crippen MR) is 76.0 cm³/mol. The van der Waals surface area contributed by atoms with Gasteiger partial charge in [-0.25, -0.2) is 0 Å². The summed E-state index contributed by atoms with van der Waals surface area (Å²) >= 11 is 0. The number of phenols is 1. The molecule has 0 amide bonds. The molecule has 0 saturated heterocycles. The minimum Gasteiger partial charge on any atom is -0.502 e. The second kappa shape index (κ2) is 7.43. The molecule has 0 aliphatic carbocycles. The molecule has 1 aromatic rings. The van der Waals surface area contributed by atoms with Crippen LogP contribution in [0, 0.1) is 5.92 Å². The molecule has 0 bridgehead atoms. The van der Waals surface area contributed by atoms with Gasteiger partial charge in [-0.2, -0.15) is 0 Å². The first-order valence-electron chi connectivity index (χ1n) is 6.27. The van der Waals surface area contributed by atoms with E-state index in [1.54, 1.807) is 38.1 Å². The van der Waals surface area contributed by atoms with Crippen molar-refractivity contribution in [2.75, 3.05) is 20.8 Å². The van der Waals surface area contributed by atoms with Gasteiger partial charge in [0.25, 0.3) is 0 Å². The average molecular weight is 280 g/mol. The number of rotatable bonds is 6. The minimum absolute atomic E-state index is 0.0432. The Kier molecular flexibility index (Phi) is 5.90. The zero-order valence-corrected chi connectivity index (χ0v) is 12.2. The summed E-state index contributed by atoms with van der Waals surface area (Å²) in [5.41, 5.74) is 0.775. The van der Waals surface area contributed by atoms with Crippen molar-refractivity contribution in [2.45, 2.75) is 13.8 Å². The zero-order chi connectivity index (χ0) is 15.1. The number of esters is 1. The number of ether oxygens (including phenoxy) is 3. The lowest BCUT2D eigenvalue weighted by molar-refractivity contribution is -0.145. The Labute approximate surface area is 118 Å². The number of phenolic OH excluding ortho intramolecular Hbond substituents is 1. The molecule has 0 fully saturated rings. The molecule has 5 nitrogen and oxygen atoms in total. The lowest BCUT2D eigenvalue weighted by Crippen LogP contribution is -2.11. The Morgan fingerprint density at radius 2 is 1.80 bits per heavy atom. The lowest BCUT2D eigenvalue weighted by Gasteiger charge is -2.09. The maximum Gasteiger partial charge on any atom is 0.308 e. The van der Waals surface area contributed by atoms with E-state index in [9.17, 15) is 9.90 Å². The zero-order valence-electron chi connectivity index (χ0n) is 12.2. The van der Waals surface area contributed by atoms with E-state index in [1.807, 2.05) is 0 Å². The van der Waals surface area contributed by atoms with Crippen LogP contribution in [0.3, 0.4) is 0 Å². The molecule has 0 atom stereocenters. The first-order chi connectivity index (χ1) is 9.49. The number of benzene rings is 1. The van der Waals surface area contributed by atoms with E-state index in [-0.39, 0.29) is 24.2 Å². The Hall–Kier alpha value is -2.17. The first-order valence-corrected chi connectivity index (χ1v) is 6.27. The standard InChI is InChI=1S/C15H20O5/c1-10(2)15(17)20-7-5-6-11-8-12(18-3)14(16)13(9-11)19-4/h5-6,8-10,16H,7H2,1-4H3. The van der Waals surface area contributed by atoms with Gasteiger partial charge in [0.15, 0.2) is 11.5 Å². The highest BCUT2D eigenvalue weighted by atomic mass is 16.5. The van der Waals surface area contributed by atoms with Gasteiger partial charge in [0, 0.05) is 0 Å². The van der Waals surface area contributed by atoms with Crippen LogP contribution >= 0.6 is 0 Å². The minimum atomic E-state index is -0.240. The van der Waals surface area contributed by atoms with E-state index in [0.29, 0.717) is 11.5 Å². The molecule has 110 valence electrons. The van der Waals surface area contributed by atoms with E-state index < -0.39 is 0 Å². The van der Waals surface area contributed by atoms with Crippen molar-refractivity contribution in [1.29, 1.82) is 0 Å². The summed E-state index contributed by atoms with van der Waals surface area (Å²) in [5, 5.41) is 9.78. The number of hydrogen-bond donors (Lipinski definition) is 1. The Morgan fingerprint density at radius 1 is 1.25 bits per heavy atom. The fourth-order valence-corrected chi connectivity index (χ4v) is 1.49. The molecule has 0 radical (unpaired) electrons. The second-order valence-corrected chi connectivity index (χ2v) is 4.46. The molecule has 0 unspecified atom stereocenters. The van der Waals surface area contributed by atoms with Crippen LogP contribution in [0.1, 0.15) is 19.4 Å². The highest BCUT2D eigenvalue weighted by Crippen LogP contribution is 2.37. The lowest BCUT2D eigenvalue weighted by atomic mass is 10.1. The van der Waals surface area contributed by atoms with Crippen LogP contribution in [0.4, 0.5) is 0 Å². The topological polar surface area (TPSA) is 65.0 Å². The van der Waals surface area contributed by atoms with E-state index in [0.717, 1.165) is 5.56 Å². The van der Waals surface area contributed by atoms with Gasteiger partial charge < -0.3 is 19.3 Å². The van der Waals surface area contributed by atoms with Gasteiger partial charge in [-0.3, -0.25) is 4.79 Å². The second-order valence-electron chi connectivity index (χ2n) is 4.46. The van der Waals surface area contributed by atoms with Gasteiger partial charge in [-0.1, -0.05) is 19.9 Å². The number of methoxy groups -OCH3 is 2. The van der Waals surface area contributed by atoms with Crippen LogP contribution in [-0.2, 0) is 9.53 Å². The molecule has 0 aliphatic heterocycles. The van der Waals surface area contributed by atoms with Crippen molar-refractivity contribution in [3.05, 3.63) is 23.8 Å². The van der Waals surface area contributed by atoms with Crippen molar-refractivity contribution in [1.82, 2.24) is 0 Å². The summed E-state index contributed by atoms with van der Waals surface area (Å²) in [7, 11) is 2.93. The monoisotopic (exact) mass is 280 g/mol. The molecule has 5 heteroatoms. The van der Waals surface area contributed by atoms with Crippen LogP contribution in [0.2, 0.25) is 0 Å². The Morgan fingerprint density at radius 3 is 2.25 bits per heavy atom. The van der Waals surface area contributed by atoms with Gasteiger partial charge in [0.1, 0.15) is 6.61 Å². The van der Waals surface area contributed by atoms with Gasteiger partial charge in [0.05, 0.1) is 20.1 Å². The van der Waals surface area contributed by atoms with Gasteiger partial charge in [-0.15, -0.1) is 0 Å². The summed E-state index contributed by atoms with van der Waals surface area (Å²) in [6.07, 6.45) is 3.48. The smallest absolute Gasteiger partial charge is 0.308 e. The third-order valence-electron chi connectivity index (χ3n) is 2.61. The molecule has 0 spiro atoms. The van der Waals surface area contributed by atoms with Crippen molar-refractivity contribution in [2.24, 2.45) is 5.92 Å². The van der Waals surface area contributed by atoms with Gasteiger partial charge in [-0.05, 0) is 23.8 Å². The van der Waals surface area contributed by atoms with Crippen molar-refractivity contribution in [3.8, 4) is 17.2 Å². The van der Waals surface area contributed by atoms with E-state index in [2.05, 4.69) is 0 Å². The number of aromatic hydroxyl groups is 1. The van der Waals surface area contributed by atoms with Crippen molar-refractivity contribution < 1.29 is 24.1 Å². The molecular formula is C15H20O5. The third kappa shape index (κ3) is 4.19. The maximum atomic E-state index is 11.3. The quantitative estimate of drug-likeness (QED) is 0.811. The number of hydrogen-bond acceptors (Lipinski definition) is 5. The predicted octanol–water partition coefficient (Wildman–Crippen LogP) is 2.62. The molecule has 0 aliphatic rings.